The summed E-state index contributed by atoms with van der Waals surface area (Å²) in [6.07, 6.45) is -1.25. The molecule has 0 spiro atoms. The van der Waals surface area contributed by atoms with Crippen molar-refractivity contribution in [3.05, 3.63) is 65.0 Å². The van der Waals surface area contributed by atoms with E-state index in [2.05, 4.69) is 10.3 Å². The van der Waals surface area contributed by atoms with Gasteiger partial charge in [0.1, 0.15) is 0 Å². The molecule has 1 saturated carbocycles. The fourth-order valence-corrected chi connectivity index (χ4v) is 3.99. The fourth-order valence-electron chi connectivity index (χ4n) is 3.28. The van der Waals surface area contributed by atoms with Crippen LogP contribution in [0.2, 0.25) is 0 Å². The van der Waals surface area contributed by atoms with Crippen molar-refractivity contribution in [2.24, 2.45) is 0 Å². The number of rotatable bonds is 4. The minimum Gasteiger partial charge on any atom is -0.442 e. The Morgan fingerprint density at radius 1 is 1.22 bits per heavy atom. The third kappa shape index (κ3) is 3.25. The number of thiophene rings is 1. The van der Waals surface area contributed by atoms with Gasteiger partial charge in [-0.15, -0.1) is 11.3 Å². The van der Waals surface area contributed by atoms with Crippen LogP contribution in [-0.2, 0) is 11.7 Å². The van der Waals surface area contributed by atoms with Crippen LogP contribution in [0.5, 0.6) is 0 Å². The molecule has 1 aliphatic rings. The first kappa shape index (κ1) is 17.8. The molecule has 0 aliphatic heterocycles. The van der Waals surface area contributed by atoms with Gasteiger partial charge >= 0.3 is 6.18 Å². The van der Waals surface area contributed by atoms with Crippen molar-refractivity contribution in [2.75, 3.05) is 0 Å². The summed E-state index contributed by atoms with van der Waals surface area (Å²) < 4.78 is 44.6. The van der Waals surface area contributed by atoms with E-state index in [1.165, 1.54) is 23.8 Å². The molecule has 3 aromatic rings. The Morgan fingerprint density at radius 2 is 2.04 bits per heavy atom. The van der Waals surface area contributed by atoms with E-state index in [9.17, 15) is 18.0 Å². The van der Waals surface area contributed by atoms with E-state index in [1.54, 1.807) is 6.07 Å². The van der Waals surface area contributed by atoms with Crippen LogP contribution in [0.1, 0.15) is 40.9 Å². The molecule has 0 radical (unpaired) electrons. The number of oxazole rings is 1. The molecule has 1 fully saturated rings. The van der Waals surface area contributed by atoms with Gasteiger partial charge in [-0.1, -0.05) is 18.2 Å². The van der Waals surface area contributed by atoms with Gasteiger partial charge in [-0.05, 0) is 48.4 Å². The van der Waals surface area contributed by atoms with Gasteiger partial charge in [0.15, 0.2) is 17.8 Å². The lowest BCUT2D eigenvalue weighted by Gasteiger charge is -2.43. The van der Waals surface area contributed by atoms with Crippen molar-refractivity contribution >= 4 is 17.2 Å². The summed E-state index contributed by atoms with van der Waals surface area (Å²) in [6.45, 7) is 0. The zero-order valence-electron chi connectivity index (χ0n) is 14.0. The lowest BCUT2D eigenvalue weighted by molar-refractivity contribution is -0.137. The molecule has 2 aromatic heterocycles. The Labute approximate surface area is 157 Å². The third-order valence-corrected chi connectivity index (χ3v) is 5.70. The van der Waals surface area contributed by atoms with E-state index in [0.29, 0.717) is 24.2 Å². The number of benzene rings is 1. The molecular formula is C19H15F3N2O2S. The van der Waals surface area contributed by atoms with E-state index < -0.39 is 23.2 Å². The van der Waals surface area contributed by atoms with Crippen molar-refractivity contribution < 1.29 is 22.4 Å². The van der Waals surface area contributed by atoms with Crippen molar-refractivity contribution in [1.29, 1.82) is 0 Å². The molecule has 0 atom stereocenters. The summed E-state index contributed by atoms with van der Waals surface area (Å²) in [4.78, 5) is 17.6. The molecule has 0 unspecified atom stereocenters. The van der Waals surface area contributed by atoms with E-state index in [0.717, 1.165) is 23.4 Å². The normalized spacial score (nSPS) is 16.0. The summed E-state index contributed by atoms with van der Waals surface area (Å²) in [6, 6.07) is 8.79. The molecule has 140 valence electrons. The van der Waals surface area contributed by atoms with Gasteiger partial charge in [0.25, 0.3) is 5.91 Å². The Kier molecular flexibility index (Phi) is 4.30. The molecule has 1 N–H and O–H groups in total. The van der Waals surface area contributed by atoms with E-state index in [-0.39, 0.29) is 5.69 Å². The molecule has 0 bridgehead atoms. The highest BCUT2D eigenvalue weighted by molar-refractivity contribution is 7.13. The first-order valence-corrected chi connectivity index (χ1v) is 9.25. The molecule has 1 aromatic carbocycles. The fraction of sp³-hybridized carbons (Fsp3) is 0.263. The predicted octanol–water partition coefficient (Wildman–Crippen LogP) is 5.23. The average Bonchev–Trinajstić information content (AvgIpc) is 3.27. The summed E-state index contributed by atoms with van der Waals surface area (Å²) >= 11 is 1.41. The highest BCUT2D eigenvalue weighted by Gasteiger charge is 2.42. The number of halogens is 3. The number of carbonyl (C=O) groups is 1. The minimum absolute atomic E-state index is 0.135. The predicted molar refractivity (Wildman–Crippen MR) is 94.3 cm³/mol. The maximum absolute atomic E-state index is 13.1. The van der Waals surface area contributed by atoms with Crippen LogP contribution in [0.25, 0.3) is 10.6 Å². The number of hydrogen-bond acceptors (Lipinski definition) is 4. The second-order valence-corrected chi connectivity index (χ2v) is 7.42. The first-order valence-electron chi connectivity index (χ1n) is 8.37. The van der Waals surface area contributed by atoms with Crippen LogP contribution >= 0.6 is 11.3 Å². The molecule has 4 rings (SSSR count). The third-order valence-electron chi connectivity index (χ3n) is 4.83. The molecule has 27 heavy (non-hydrogen) atoms. The summed E-state index contributed by atoms with van der Waals surface area (Å²) in [5.41, 5.74) is -0.945. The van der Waals surface area contributed by atoms with Gasteiger partial charge in [0.2, 0.25) is 0 Å². The number of alkyl halides is 3. The summed E-state index contributed by atoms with van der Waals surface area (Å²) in [7, 11) is 0. The van der Waals surface area contributed by atoms with Crippen molar-refractivity contribution in [2.45, 2.75) is 31.0 Å². The molecule has 1 amide bonds. The van der Waals surface area contributed by atoms with Crippen LogP contribution < -0.4 is 5.32 Å². The Hall–Kier alpha value is -2.61. The second kappa shape index (κ2) is 6.53. The maximum atomic E-state index is 13.1. The van der Waals surface area contributed by atoms with Crippen molar-refractivity contribution in [3.8, 4) is 10.6 Å². The minimum atomic E-state index is -4.43. The van der Waals surface area contributed by atoms with Crippen molar-refractivity contribution in [3.63, 3.8) is 0 Å². The molecule has 0 saturated heterocycles. The van der Waals surface area contributed by atoms with Gasteiger partial charge in [0.05, 0.1) is 16.0 Å². The Balaban J connectivity index is 1.63. The molecular weight excluding hydrogens is 377 g/mol. The summed E-state index contributed by atoms with van der Waals surface area (Å²) in [5.74, 6) is -0.0923. The maximum Gasteiger partial charge on any atom is 0.416 e. The topological polar surface area (TPSA) is 55.1 Å². The first-order chi connectivity index (χ1) is 12.9. The summed E-state index contributed by atoms with van der Waals surface area (Å²) in [5, 5.41) is 4.76. The number of nitrogens with one attached hydrogen (secondary N) is 1. The number of nitrogens with zero attached hydrogens (tertiary/aromatic N) is 1. The average molecular weight is 392 g/mol. The highest BCUT2D eigenvalue weighted by Crippen LogP contribution is 2.43. The smallest absolute Gasteiger partial charge is 0.416 e. The Bertz CT molecular complexity index is 960. The van der Waals surface area contributed by atoms with Crippen LogP contribution in [0, 0.1) is 0 Å². The largest absolute Gasteiger partial charge is 0.442 e. The van der Waals surface area contributed by atoms with Crippen LogP contribution in [-0.4, -0.2) is 10.9 Å². The standard InChI is InChI=1S/C19H15F3N2O2S/c20-19(21,22)13-5-1-4-12(10-13)18(7-3-8-18)24-17(25)15-16(26-11-23-15)14-6-2-9-27-14/h1-2,4-6,9-11H,3,7-8H2,(H,24,25). The van der Waals surface area contributed by atoms with Crippen LogP contribution in [0.15, 0.2) is 52.6 Å². The molecule has 1 aliphatic carbocycles. The monoisotopic (exact) mass is 392 g/mol. The number of amides is 1. The van der Waals surface area contributed by atoms with Crippen molar-refractivity contribution in [1.82, 2.24) is 10.3 Å². The zero-order chi connectivity index (χ0) is 19.1. The quantitative estimate of drug-likeness (QED) is 0.661. The van der Waals surface area contributed by atoms with Crippen LogP contribution in [0.4, 0.5) is 13.2 Å². The molecule has 2 heterocycles. The lowest BCUT2D eigenvalue weighted by atomic mass is 9.71. The number of carbonyl (C=O) groups excluding carboxylic acids is 1. The van der Waals surface area contributed by atoms with E-state index in [4.69, 9.17) is 4.42 Å². The number of hydrogen-bond donors (Lipinski definition) is 1. The zero-order valence-corrected chi connectivity index (χ0v) is 14.9. The molecule has 4 nitrogen and oxygen atoms in total. The molecule has 8 heteroatoms. The van der Waals surface area contributed by atoms with Gasteiger partial charge < -0.3 is 9.73 Å². The van der Waals surface area contributed by atoms with Gasteiger partial charge in [0, 0.05) is 0 Å². The lowest BCUT2D eigenvalue weighted by Crippen LogP contribution is -2.51. The Morgan fingerprint density at radius 3 is 2.67 bits per heavy atom. The van der Waals surface area contributed by atoms with Gasteiger partial charge in [-0.2, -0.15) is 13.2 Å². The van der Waals surface area contributed by atoms with Crippen LogP contribution in [0.3, 0.4) is 0 Å². The second-order valence-electron chi connectivity index (χ2n) is 6.48. The highest BCUT2D eigenvalue weighted by atomic mass is 32.1. The number of aromatic nitrogens is 1. The van der Waals surface area contributed by atoms with E-state index >= 15 is 0 Å². The van der Waals surface area contributed by atoms with Gasteiger partial charge in [-0.3, -0.25) is 4.79 Å². The SMILES string of the molecule is O=C(NC1(c2cccc(C(F)(F)F)c2)CCC1)c1ncoc1-c1cccs1. The van der Waals surface area contributed by atoms with Gasteiger partial charge in [-0.25, -0.2) is 4.98 Å². The van der Waals surface area contributed by atoms with E-state index in [1.807, 2.05) is 17.5 Å².